The summed E-state index contributed by atoms with van der Waals surface area (Å²) in [4.78, 5) is 27.3. The number of β-amino-alcohol motifs (C(OH)–C–C–N with tert-alkyl or cyclic N) is 1. The highest BCUT2D eigenvalue weighted by Crippen LogP contribution is 2.36. The summed E-state index contributed by atoms with van der Waals surface area (Å²) in [7, 11) is 0. The molecule has 1 amide bonds. The summed E-state index contributed by atoms with van der Waals surface area (Å²) < 4.78 is 0. The number of amides is 1. The Bertz CT molecular complexity index is 789. The first kappa shape index (κ1) is 17.4. The molecule has 0 unspecified atom stereocenters. The number of hydrogen-bond acceptors (Lipinski definition) is 7. The Morgan fingerprint density at radius 1 is 1.42 bits per heavy atom. The zero-order valence-electron chi connectivity index (χ0n) is 14.8. The molecule has 8 heteroatoms. The van der Waals surface area contributed by atoms with Gasteiger partial charge in [-0.15, -0.1) is 11.3 Å². The maximum atomic E-state index is 12.1. The van der Waals surface area contributed by atoms with Crippen molar-refractivity contribution in [2.45, 2.75) is 50.7 Å². The van der Waals surface area contributed by atoms with Gasteiger partial charge in [-0.3, -0.25) is 4.79 Å². The van der Waals surface area contributed by atoms with Crippen LogP contribution in [0.4, 0.5) is 5.82 Å². The first-order valence-electron chi connectivity index (χ1n) is 9.02. The van der Waals surface area contributed by atoms with Crippen molar-refractivity contribution in [2.24, 2.45) is 0 Å². The van der Waals surface area contributed by atoms with Crippen LogP contribution in [-0.4, -0.2) is 51.2 Å². The Morgan fingerprint density at radius 2 is 2.27 bits per heavy atom. The van der Waals surface area contributed by atoms with Crippen molar-refractivity contribution in [2.75, 3.05) is 18.0 Å². The van der Waals surface area contributed by atoms with E-state index >= 15 is 0 Å². The van der Waals surface area contributed by atoms with Crippen molar-refractivity contribution in [1.29, 1.82) is 0 Å². The van der Waals surface area contributed by atoms with E-state index in [9.17, 15) is 9.90 Å². The number of nitrogens with one attached hydrogen (secondary N) is 1. The molecule has 7 nitrogen and oxygen atoms in total. The normalized spacial score (nSPS) is 25.2. The number of thiazole rings is 1. The number of anilines is 1. The van der Waals surface area contributed by atoms with Crippen LogP contribution in [0, 0.1) is 6.92 Å². The van der Waals surface area contributed by atoms with Gasteiger partial charge in [0.15, 0.2) is 0 Å². The van der Waals surface area contributed by atoms with Crippen LogP contribution in [-0.2, 0) is 11.2 Å². The summed E-state index contributed by atoms with van der Waals surface area (Å²) >= 11 is 1.57. The van der Waals surface area contributed by atoms with Gasteiger partial charge in [-0.25, -0.2) is 15.0 Å². The third-order valence-electron chi connectivity index (χ3n) is 5.09. The first-order valence-corrected chi connectivity index (χ1v) is 9.90. The standard InChI is InChI=1S/C18H23N5O2S/c1-11-21-14(9-26-11)6-18(25)22-13-4-12(5-13)16-7-17(20-10-19-16)23-3-2-15(24)8-23/h7,9-10,12-13,15,24H,2-6,8H2,1H3,(H,22,25)/t12?,13?,15-/m0/s1. The number of aliphatic hydroxyl groups is 1. The Hall–Kier alpha value is -2.06. The van der Waals surface area contributed by atoms with Gasteiger partial charge < -0.3 is 15.3 Å². The van der Waals surface area contributed by atoms with Crippen molar-refractivity contribution in [3.05, 3.63) is 34.2 Å². The largest absolute Gasteiger partial charge is 0.391 e. The smallest absolute Gasteiger partial charge is 0.226 e. The van der Waals surface area contributed by atoms with E-state index in [2.05, 4.69) is 25.2 Å². The van der Waals surface area contributed by atoms with Gasteiger partial charge in [0.25, 0.3) is 0 Å². The number of carbonyl (C=O) groups excluding carboxylic acids is 1. The lowest BCUT2D eigenvalue weighted by Crippen LogP contribution is -2.44. The highest BCUT2D eigenvalue weighted by Gasteiger charge is 2.33. The molecule has 2 aliphatic rings. The molecule has 1 saturated heterocycles. The van der Waals surface area contributed by atoms with Crippen molar-refractivity contribution >= 4 is 23.1 Å². The van der Waals surface area contributed by atoms with Crippen LogP contribution in [0.15, 0.2) is 17.8 Å². The predicted molar refractivity (Wildman–Crippen MR) is 99.3 cm³/mol. The van der Waals surface area contributed by atoms with E-state index in [1.807, 2.05) is 18.4 Å². The number of rotatable bonds is 5. The van der Waals surface area contributed by atoms with Gasteiger partial charge in [0.2, 0.25) is 5.91 Å². The zero-order valence-corrected chi connectivity index (χ0v) is 15.6. The second-order valence-corrected chi connectivity index (χ2v) is 8.22. The zero-order chi connectivity index (χ0) is 18.1. The average Bonchev–Trinajstić information content (AvgIpc) is 3.19. The molecule has 1 saturated carbocycles. The van der Waals surface area contributed by atoms with Crippen LogP contribution in [0.5, 0.6) is 0 Å². The van der Waals surface area contributed by atoms with E-state index in [0.29, 0.717) is 18.9 Å². The topological polar surface area (TPSA) is 91.2 Å². The van der Waals surface area contributed by atoms with Crippen LogP contribution in [0.3, 0.4) is 0 Å². The number of nitrogens with zero attached hydrogens (tertiary/aromatic N) is 4. The van der Waals surface area contributed by atoms with Gasteiger partial charge in [-0.05, 0) is 26.2 Å². The SMILES string of the molecule is Cc1nc(CC(=O)NC2CC(c3cc(N4CC[C@H](O)C4)ncn3)C2)cs1. The van der Waals surface area contributed by atoms with Gasteiger partial charge in [-0.2, -0.15) is 0 Å². The van der Waals surface area contributed by atoms with Crippen molar-refractivity contribution < 1.29 is 9.90 Å². The summed E-state index contributed by atoms with van der Waals surface area (Å²) in [6, 6.07) is 2.23. The minimum Gasteiger partial charge on any atom is -0.391 e. The molecular formula is C18H23N5O2S. The second-order valence-electron chi connectivity index (χ2n) is 7.16. The molecule has 0 bridgehead atoms. The lowest BCUT2D eigenvalue weighted by Gasteiger charge is -2.35. The van der Waals surface area contributed by atoms with Gasteiger partial charge in [0.05, 0.1) is 23.2 Å². The number of aryl methyl sites for hydroxylation is 1. The molecule has 3 heterocycles. The van der Waals surface area contributed by atoms with Crippen LogP contribution in [0.2, 0.25) is 0 Å². The third-order valence-corrected chi connectivity index (χ3v) is 5.91. The van der Waals surface area contributed by atoms with Gasteiger partial charge in [-0.1, -0.05) is 0 Å². The van der Waals surface area contributed by atoms with E-state index < -0.39 is 0 Å². The second kappa shape index (κ2) is 7.28. The molecule has 2 aromatic heterocycles. The molecule has 2 fully saturated rings. The molecule has 26 heavy (non-hydrogen) atoms. The molecule has 1 aliphatic carbocycles. The van der Waals surface area contributed by atoms with E-state index in [0.717, 1.165) is 48.0 Å². The minimum atomic E-state index is -0.266. The summed E-state index contributed by atoms with van der Waals surface area (Å²) in [5, 5.41) is 15.7. The molecular weight excluding hydrogens is 350 g/mol. The highest BCUT2D eigenvalue weighted by molar-refractivity contribution is 7.09. The maximum Gasteiger partial charge on any atom is 0.226 e. The van der Waals surface area contributed by atoms with E-state index in [4.69, 9.17) is 0 Å². The number of carbonyl (C=O) groups is 1. The summed E-state index contributed by atoms with van der Waals surface area (Å²) in [5.41, 5.74) is 1.87. The Labute approximate surface area is 156 Å². The van der Waals surface area contributed by atoms with Crippen LogP contribution < -0.4 is 10.2 Å². The third kappa shape index (κ3) is 3.86. The summed E-state index contributed by atoms with van der Waals surface area (Å²) in [6.45, 7) is 3.41. The lowest BCUT2D eigenvalue weighted by molar-refractivity contribution is -0.121. The predicted octanol–water partition coefficient (Wildman–Crippen LogP) is 1.42. The van der Waals surface area contributed by atoms with E-state index in [1.165, 1.54) is 0 Å². The lowest BCUT2D eigenvalue weighted by atomic mass is 9.78. The highest BCUT2D eigenvalue weighted by atomic mass is 32.1. The molecule has 2 aromatic rings. The van der Waals surface area contributed by atoms with Gasteiger partial charge in [0.1, 0.15) is 12.1 Å². The fourth-order valence-corrected chi connectivity index (χ4v) is 4.23. The Balaban J connectivity index is 1.28. The molecule has 4 rings (SSSR count). The summed E-state index contributed by atoms with van der Waals surface area (Å²) in [6.07, 6.45) is 4.28. The van der Waals surface area contributed by atoms with E-state index in [1.54, 1.807) is 17.7 Å². The summed E-state index contributed by atoms with van der Waals surface area (Å²) in [5.74, 6) is 1.28. The molecule has 0 spiro atoms. The molecule has 1 aliphatic heterocycles. The Kier molecular flexibility index (Phi) is 4.86. The molecule has 138 valence electrons. The number of hydrogen-bond donors (Lipinski definition) is 2. The molecule has 0 radical (unpaired) electrons. The monoisotopic (exact) mass is 373 g/mol. The van der Waals surface area contributed by atoms with Crippen molar-refractivity contribution in [3.8, 4) is 0 Å². The van der Waals surface area contributed by atoms with Crippen molar-refractivity contribution in [3.63, 3.8) is 0 Å². The fourth-order valence-electron chi connectivity index (χ4n) is 3.62. The van der Waals surface area contributed by atoms with Crippen LogP contribution in [0.25, 0.3) is 0 Å². The number of aromatic nitrogens is 3. The fraction of sp³-hybridized carbons (Fsp3) is 0.556. The molecule has 0 aromatic carbocycles. The van der Waals surface area contributed by atoms with Crippen LogP contribution in [0.1, 0.15) is 41.6 Å². The van der Waals surface area contributed by atoms with E-state index in [-0.39, 0.29) is 18.1 Å². The number of aliphatic hydroxyl groups excluding tert-OH is 1. The average molecular weight is 373 g/mol. The van der Waals surface area contributed by atoms with Gasteiger partial charge in [0, 0.05) is 42.2 Å². The molecule has 1 atom stereocenters. The van der Waals surface area contributed by atoms with Crippen LogP contribution >= 0.6 is 11.3 Å². The molecule has 2 N–H and O–H groups in total. The quantitative estimate of drug-likeness (QED) is 0.824. The maximum absolute atomic E-state index is 12.1. The Morgan fingerprint density at radius 3 is 2.96 bits per heavy atom. The minimum absolute atomic E-state index is 0.0354. The van der Waals surface area contributed by atoms with Crippen molar-refractivity contribution in [1.82, 2.24) is 20.3 Å². The van der Waals surface area contributed by atoms with Gasteiger partial charge >= 0.3 is 0 Å². The first-order chi connectivity index (χ1) is 12.6.